The van der Waals surface area contributed by atoms with Gasteiger partial charge in [0.2, 0.25) is 11.8 Å². The molecule has 2 unspecified atom stereocenters. The van der Waals surface area contributed by atoms with E-state index in [0.717, 1.165) is 33.3 Å². The van der Waals surface area contributed by atoms with E-state index in [4.69, 9.17) is 0 Å². The maximum atomic E-state index is 14.2. The van der Waals surface area contributed by atoms with E-state index in [2.05, 4.69) is 15.0 Å². The first-order valence-electron chi connectivity index (χ1n) is 11.2. The molecule has 2 aliphatic heterocycles. The fourth-order valence-electron chi connectivity index (χ4n) is 4.18. The molecule has 4 rings (SSSR count). The van der Waals surface area contributed by atoms with Crippen LogP contribution in [0.15, 0.2) is 28.0 Å². The molecule has 1 aromatic heterocycles. The van der Waals surface area contributed by atoms with Gasteiger partial charge in [-0.25, -0.2) is 18.6 Å². The molecule has 0 spiro atoms. The first-order chi connectivity index (χ1) is 17.8. The highest BCUT2D eigenvalue weighted by Crippen LogP contribution is 2.48. The number of nitrogens with zero attached hydrogens (tertiary/aromatic N) is 3. The third-order valence-electron chi connectivity index (χ3n) is 5.95. The number of rotatable bonds is 7. The van der Waals surface area contributed by atoms with Gasteiger partial charge in [0.1, 0.15) is 0 Å². The van der Waals surface area contributed by atoms with Gasteiger partial charge in [0, 0.05) is 31.5 Å². The Labute approximate surface area is 221 Å². The summed E-state index contributed by atoms with van der Waals surface area (Å²) < 4.78 is 69.7. The Balaban J connectivity index is 1.47. The Morgan fingerprint density at radius 3 is 2.45 bits per heavy atom. The molecule has 0 bridgehead atoms. The molecule has 2 atom stereocenters. The van der Waals surface area contributed by atoms with Crippen molar-refractivity contribution in [1.82, 2.24) is 14.8 Å². The van der Waals surface area contributed by atoms with Gasteiger partial charge in [-0.2, -0.15) is 13.2 Å². The van der Waals surface area contributed by atoms with Crippen molar-refractivity contribution in [3.8, 4) is 17.0 Å². The molecule has 1 N–H and O–H groups in total. The van der Waals surface area contributed by atoms with Crippen LogP contribution < -0.4 is 10.1 Å². The Kier molecular flexibility index (Phi) is 7.70. The maximum Gasteiger partial charge on any atom is 0.422 e. The molecule has 4 amide bonds. The lowest BCUT2D eigenvalue weighted by Crippen LogP contribution is -2.57. The number of urea groups is 1. The number of allylic oxidation sites excluding steroid dienone is 1. The van der Waals surface area contributed by atoms with Crippen LogP contribution in [0.4, 0.5) is 31.9 Å². The fraction of sp³-hybridized carbons (Fsp3) is 0.391. The van der Waals surface area contributed by atoms with Crippen LogP contribution in [-0.4, -0.2) is 64.9 Å². The van der Waals surface area contributed by atoms with Gasteiger partial charge in [-0.05, 0) is 29.0 Å². The van der Waals surface area contributed by atoms with Crippen LogP contribution >= 0.6 is 23.1 Å². The second-order valence-corrected chi connectivity index (χ2v) is 10.6. The molecular weight excluding hydrogens is 555 g/mol. The maximum absolute atomic E-state index is 14.2. The summed E-state index contributed by atoms with van der Waals surface area (Å²) >= 11 is 2.35. The minimum absolute atomic E-state index is 0.0642. The molecule has 1 aromatic carbocycles. The van der Waals surface area contributed by atoms with E-state index < -0.39 is 53.4 Å². The Morgan fingerprint density at radius 1 is 1.18 bits per heavy atom. The zero-order chi connectivity index (χ0) is 27.9. The van der Waals surface area contributed by atoms with Gasteiger partial charge >= 0.3 is 12.2 Å². The number of imide groups is 1. The van der Waals surface area contributed by atoms with Crippen LogP contribution in [0, 0.1) is 17.6 Å². The highest BCUT2D eigenvalue weighted by molar-refractivity contribution is 8.04. The third kappa shape index (κ3) is 5.48. The SMILES string of the molecule is CCC1=C(CC(=O)Nc2nc(-c3cc(F)c(OCC(F)(F)F)c(F)c3)cs2)C2C(=O)N(C)C(=O)N(C)C2S1. The molecule has 2 aliphatic rings. The Bertz CT molecular complexity index is 1310. The van der Waals surface area contributed by atoms with Crippen LogP contribution in [0.3, 0.4) is 0 Å². The molecule has 2 aromatic rings. The standard InChI is InChI=1S/C23H21F5N4O4S2/c1-4-15-11(17-19(34)31(2)22(35)32(3)20(17)38-15)7-16(33)30-21-29-14(8-37-21)10-5-12(24)18(13(25)6-10)36-9-23(26,27)28/h5-6,8,17,20H,4,7,9H2,1-3H3,(H,29,30,33). The second kappa shape index (κ2) is 10.5. The van der Waals surface area contributed by atoms with Crippen molar-refractivity contribution in [3.63, 3.8) is 0 Å². The number of ether oxygens (including phenoxy) is 1. The highest BCUT2D eigenvalue weighted by atomic mass is 32.2. The number of aromatic nitrogens is 1. The number of fused-ring (bicyclic) bond motifs is 1. The van der Waals surface area contributed by atoms with Gasteiger partial charge in [0.15, 0.2) is 29.1 Å². The molecule has 3 heterocycles. The smallest absolute Gasteiger partial charge is 0.422 e. The summed E-state index contributed by atoms with van der Waals surface area (Å²) in [6, 6.07) is 1.15. The minimum Gasteiger partial charge on any atom is -0.478 e. The highest BCUT2D eigenvalue weighted by Gasteiger charge is 2.50. The molecule has 1 saturated heterocycles. The van der Waals surface area contributed by atoms with E-state index in [1.165, 1.54) is 29.1 Å². The lowest BCUT2D eigenvalue weighted by Gasteiger charge is -2.38. The van der Waals surface area contributed by atoms with E-state index in [0.29, 0.717) is 12.0 Å². The van der Waals surface area contributed by atoms with Crippen LogP contribution in [0.5, 0.6) is 5.75 Å². The van der Waals surface area contributed by atoms with Crippen molar-refractivity contribution in [2.45, 2.75) is 31.3 Å². The number of benzene rings is 1. The molecule has 38 heavy (non-hydrogen) atoms. The summed E-state index contributed by atoms with van der Waals surface area (Å²) in [6.07, 6.45) is -4.32. The lowest BCUT2D eigenvalue weighted by atomic mass is 9.91. The summed E-state index contributed by atoms with van der Waals surface area (Å²) in [5.41, 5.74) is 0.636. The van der Waals surface area contributed by atoms with Gasteiger partial charge in [0.05, 0.1) is 17.0 Å². The van der Waals surface area contributed by atoms with Crippen molar-refractivity contribution in [3.05, 3.63) is 39.6 Å². The molecule has 0 aliphatic carbocycles. The number of carbonyl (C=O) groups is 3. The number of amides is 4. The predicted molar refractivity (Wildman–Crippen MR) is 130 cm³/mol. The van der Waals surface area contributed by atoms with E-state index in [9.17, 15) is 36.3 Å². The average molecular weight is 577 g/mol. The van der Waals surface area contributed by atoms with E-state index in [1.807, 2.05) is 6.92 Å². The zero-order valence-electron chi connectivity index (χ0n) is 20.2. The lowest BCUT2D eigenvalue weighted by molar-refractivity contribution is -0.154. The number of carbonyl (C=O) groups excluding carboxylic acids is 3. The van der Waals surface area contributed by atoms with Crippen LogP contribution in [0.2, 0.25) is 0 Å². The summed E-state index contributed by atoms with van der Waals surface area (Å²) in [4.78, 5) is 45.5. The quantitative estimate of drug-likeness (QED) is 0.454. The molecule has 15 heteroatoms. The van der Waals surface area contributed by atoms with Crippen LogP contribution in [-0.2, 0) is 9.59 Å². The average Bonchev–Trinajstić information content (AvgIpc) is 3.44. The molecular formula is C23H21F5N4O4S2. The summed E-state index contributed by atoms with van der Waals surface area (Å²) in [7, 11) is 2.99. The van der Waals surface area contributed by atoms with Crippen molar-refractivity contribution in [2.24, 2.45) is 5.92 Å². The fourth-order valence-corrected chi connectivity index (χ4v) is 6.39. The minimum atomic E-state index is -4.76. The first kappa shape index (κ1) is 27.8. The van der Waals surface area contributed by atoms with Gasteiger partial charge in [-0.15, -0.1) is 23.1 Å². The monoisotopic (exact) mass is 576 g/mol. The largest absolute Gasteiger partial charge is 0.478 e. The number of thiazole rings is 1. The van der Waals surface area contributed by atoms with Gasteiger partial charge in [-0.1, -0.05) is 6.92 Å². The van der Waals surface area contributed by atoms with Gasteiger partial charge in [0.25, 0.3) is 0 Å². The normalized spacial score (nSPS) is 19.8. The number of thioether (sulfide) groups is 1. The third-order valence-corrected chi connectivity index (χ3v) is 8.37. The summed E-state index contributed by atoms with van der Waals surface area (Å²) in [6.45, 7) is 0.0379. The van der Waals surface area contributed by atoms with E-state index >= 15 is 0 Å². The number of hydrogen-bond donors (Lipinski definition) is 1. The van der Waals surface area contributed by atoms with Gasteiger partial charge in [-0.3, -0.25) is 14.5 Å². The van der Waals surface area contributed by atoms with Crippen molar-refractivity contribution >= 4 is 46.1 Å². The van der Waals surface area contributed by atoms with Crippen molar-refractivity contribution in [2.75, 3.05) is 26.0 Å². The summed E-state index contributed by atoms with van der Waals surface area (Å²) in [5, 5.41) is 3.69. The Hall–Kier alpha value is -3.20. The van der Waals surface area contributed by atoms with Crippen LogP contribution in [0.25, 0.3) is 11.3 Å². The summed E-state index contributed by atoms with van der Waals surface area (Å²) in [5.74, 6) is -5.35. The zero-order valence-corrected chi connectivity index (χ0v) is 21.8. The number of anilines is 1. The number of alkyl halides is 3. The van der Waals surface area contributed by atoms with E-state index in [1.54, 1.807) is 7.05 Å². The number of hydrogen-bond acceptors (Lipinski definition) is 7. The molecule has 8 nitrogen and oxygen atoms in total. The predicted octanol–water partition coefficient (Wildman–Crippen LogP) is 5.24. The molecule has 0 saturated carbocycles. The number of halogens is 5. The second-order valence-electron chi connectivity index (χ2n) is 8.51. The molecule has 204 valence electrons. The molecule has 1 fully saturated rings. The van der Waals surface area contributed by atoms with Crippen LogP contribution in [0.1, 0.15) is 19.8 Å². The van der Waals surface area contributed by atoms with Crippen molar-refractivity contribution in [1.29, 1.82) is 0 Å². The van der Waals surface area contributed by atoms with E-state index in [-0.39, 0.29) is 28.7 Å². The van der Waals surface area contributed by atoms with Crippen molar-refractivity contribution < 1.29 is 41.1 Å². The molecule has 0 radical (unpaired) electrons. The first-order valence-corrected chi connectivity index (χ1v) is 12.9. The number of nitrogens with one attached hydrogen (secondary N) is 1. The van der Waals surface area contributed by atoms with Gasteiger partial charge < -0.3 is 15.0 Å². The Morgan fingerprint density at radius 2 is 1.84 bits per heavy atom. The topological polar surface area (TPSA) is 91.8 Å².